The number of benzene rings is 2. The monoisotopic (exact) mass is 816 g/mol. The Balaban J connectivity index is 0.00000326. The molecule has 0 spiro atoms. The van der Waals surface area contributed by atoms with E-state index in [2.05, 4.69) is 25.8 Å². The third kappa shape index (κ3) is 12.3. The fraction of sp³-hybridized carbons (Fsp3) is 0.381. The predicted molar refractivity (Wildman–Crippen MR) is 215 cm³/mol. The van der Waals surface area contributed by atoms with Gasteiger partial charge in [0.2, 0.25) is 5.91 Å². The number of urea groups is 1. The lowest BCUT2D eigenvalue weighted by molar-refractivity contribution is -0.143. The second-order valence-electron chi connectivity index (χ2n) is 13.9. The minimum atomic E-state index is -4.71. The summed E-state index contributed by atoms with van der Waals surface area (Å²) in [6, 6.07) is 14.6. The van der Waals surface area contributed by atoms with Gasteiger partial charge in [-0.05, 0) is 59.9 Å². The molecule has 0 saturated heterocycles. The van der Waals surface area contributed by atoms with E-state index in [1.165, 1.54) is 6.07 Å². The molecular formula is C42H47F3N8O6. The second-order valence-corrected chi connectivity index (χ2v) is 13.9. The van der Waals surface area contributed by atoms with E-state index in [-0.39, 0.29) is 54.7 Å². The third-order valence-corrected chi connectivity index (χ3v) is 9.52. The molecule has 0 saturated carbocycles. The first-order valence-electron chi connectivity index (χ1n) is 19.6. The van der Waals surface area contributed by atoms with E-state index in [9.17, 15) is 37.1 Å². The van der Waals surface area contributed by atoms with Gasteiger partial charge in [-0.3, -0.25) is 28.8 Å². The summed E-state index contributed by atoms with van der Waals surface area (Å²) in [5.41, 5.74) is 3.14. The van der Waals surface area contributed by atoms with Gasteiger partial charge in [0.15, 0.2) is 0 Å². The highest BCUT2D eigenvalue weighted by atomic mass is 19.4. The van der Waals surface area contributed by atoms with Crippen LogP contribution in [0.3, 0.4) is 0 Å². The summed E-state index contributed by atoms with van der Waals surface area (Å²) >= 11 is 0. The van der Waals surface area contributed by atoms with E-state index in [0.29, 0.717) is 58.6 Å². The van der Waals surface area contributed by atoms with Crippen molar-refractivity contribution >= 4 is 40.3 Å². The molecule has 6 rings (SSSR count). The Hall–Kier alpha value is -6.39. The number of fused-ring (bicyclic) bond motifs is 2. The Morgan fingerprint density at radius 3 is 2.31 bits per heavy atom. The lowest BCUT2D eigenvalue weighted by atomic mass is 10.0. The van der Waals surface area contributed by atoms with Crippen molar-refractivity contribution in [3.05, 3.63) is 94.7 Å². The number of unbranched alkanes of at least 4 members (excludes halogenated alkanes) is 3. The maximum Gasteiger partial charge on any atom is 0.408 e. The molecule has 1 aliphatic rings. The Bertz CT molecular complexity index is 2300. The van der Waals surface area contributed by atoms with Gasteiger partial charge in [0.25, 0.3) is 5.56 Å². The summed E-state index contributed by atoms with van der Waals surface area (Å²) in [4.78, 5) is 66.5. The highest BCUT2D eigenvalue weighted by molar-refractivity contribution is 5.95. The number of carbonyl (C=O) groups is 4. The molecule has 5 aromatic rings. The minimum Gasteiger partial charge on any atom is -0.481 e. The largest absolute Gasteiger partial charge is 0.481 e. The van der Waals surface area contributed by atoms with Crippen molar-refractivity contribution in [3.63, 3.8) is 0 Å². The number of pyridine rings is 1. The van der Waals surface area contributed by atoms with Gasteiger partial charge in [0, 0.05) is 80.7 Å². The first-order valence-corrected chi connectivity index (χ1v) is 19.6. The van der Waals surface area contributed by atoms with Crippen LogP contribution in [0.25, 0.3) is 33.3 Å². The van der Waals surface area contributed by atoms with Crippen LogP contribution >= 0.6 is 0 Å². The number of carboxylic acid groups (broad SMARTS) is 1. The van der Waals surface area contributed by atoms with Crippen LogP contribution in [0.1, 0.15) is 76.3 Å². The van der Waals surface area contributed by atoms with Crippen LogP contribution in [0.2, 0.25) is 0 Å². The Labute approximate surface area is 338 Å². The molecular weight excluding hydrogens is 770 g/mol. The van der Waals surface area contributed by atoms with Gasteiger partial charge < -0.3 is 20.6 Å². The Kier molecular flexibility index (Phi) is 15.1. The summed E-state index contributed by atoms with van der Waals surface area (Å²) in [5, 5.41) is 23.6. The fourth-order valence-corrected chi connectivity index (χ4v) is 6.58. The van der Waals surface area contributed by atoms with Gasteiger partial charge in [-0.2, -0.15) is 23.4 Å². The second kappa shape index (κ2) is 20.3. The molecule has 0 bridgehead atoms. The molecule has 14 nitrogen and oxygen atoms in total. The number of carbonyl (C=O) groups excluding carboxylic acids is 3. The molecule has 0 aliphatic carbocycles. The first kappa shape index (κ1) is 43.7. The first-order chi connectivity index (χ1) is 28.3. The number of halogens is 3. The number of hydrogen-bond acceptors (Lipinski definition) is 8. The molecule has 0 atom stereocenters. The molecule has 4 heterocycles. The van der Waals surface area contributed by atoms with Crippen molar-refractivity contribution in [2.24, 2.45) is 0 Å². The van der Waals surface area contributed by atoms with Crippen molar-refractivity contribution in [2.45, 2.75) is 97.6 Å². The number of anilines is 1. The average Bonchev–Trinajstić information content (AvgIpc) is 3.85. The van der Waals surface area contributed by atoms with Crippen molar-refractivity contribution in [3.8, 4) is 22.4 Å². The molecule has 1 aliphatic heterocycles. The smallest absolute Gasteiger partial charge is 0.408 e. The standard InChI is InChI=1S/C40H41F3N8O6.C2H6/c41-40(42,43)25-51-38(56)32(20-35(48-51)26-8-10-29(11-9-26)46-39(57)49-22-27-16-18-44-21-28(27)23-49)31-6-5-7-34-33(31)24-50(47-34)19-4-2-1-3-17-45-36(53)14-12-30(52)13-15-37(54)55;1-2/h5-11,16,18,20-21,24H,1-4,12-15,17,19,22-23,25H2,(H,45,53)(H,46,57)(H,54,55);1-2H3. The Morgan fingerprint density at radius 1 is 0.847 bits per heavy atom. The zero-order chi connectivity index (χ0) is 42.5. The predicted octanol–water partition coefficient (Wildman–Crippen LogP) is 7.35. The number of aromatic nitrogens is 5. The van der Waals surface area contributed by atoms with E-state index >= 15 is 0 Å². The molecule has 312 valence electrons. The Morgan fingerprint density at radius 2 is 1.58 bits per heavy atom. The van der Waals surface area contributed by atoms with Crippen LogP contribution in [0.5, 0.6) is 0 Å². The van der Waals surface area contributed by atoms with Crippen molar-refractivity contribution < 1.29 is 37.5 Å². The molecule has 2 aromatic carbocycles. The van der Waals surface area contributed by atoms with Gasteiger partial charge in [0.1, 0.15) is 12.3 Å². The molecule has 17 heteroatoms. The lowest BCUT2D eigenvalue weighted by Gasteiger charge is -2.17. The number of aliphatic carboxylic acids is 1. The number of carboxylic acids is 1. The summed E-state index contributed by atoms with van der Waals surface area (Å²) in [5.74, 6) is -1.57. The van der Waals surface area contributed by atoms with Gasteiger partial charge in [-0.1, -0.05) is 51.0 Å². The molecule has 59 heavy (non-hydrogen) atoms. The highest BCUT2D eigenvalue weighted by Gasteiger charge is 2.30. The number of rotatable bonds is 17. The van der Waals surface area contributed by atoms with E-state index in [0.717, 1.165) is 36.8 Å². The van der Waals surface area contributed by atoms with Crippen LogP contribution in [-0.4, -0.2) is 71.0 Å². The average molecular weight is 817 g/mol. The quantitative estimate of drug-likeness (QED) is 0.0809. The molecule has 3 aromatic heterocycles. The van der Waals surface area contributed by atoms with E-state index in [4.69, 9.17) is 5.11 Å². The van der Waals surface area contributed by atoms with Gasteiger partial charge >= 0.3 is 18.2 Å². The number of hydrogen-bond donors (Lipinski definition) is 3. The SMILES string of the molecule is CC.O=C(O)CCC(=O)CCC(=O)NCCCCCCn1cc2c(-c3cc(-c4ccc(NC(=O)N5Cc6ccncc6C5)cc4)nn(CC(F)(F)F)c3=O)cccc2n1. The number of aryl methyl sites for hydroxylation is 1. The van der Waals surface area contributed by atoms with Crippen LogP contribution in [0.4, 0.5) is 23.7 Å². The molecule has 3 N–H and O–H groups in total. The molecule has 3 amide bonds. The summed E-state index contributed by atoms with van der Waals surface area (Å²) in [6.45, 7) is 4.27. The highest BCUT2D eigenvalue weighted by Crippen LogP contribution is 2.30. The molecule has 0 radical (unpaired) electrons. The van der Waals surface area contributed by atoms with Gasteiger partial charge in [-0.25, -0.2) is 9.48 Å². The number of Topliss-reactive ketones (excluding diaryl/α,β-unsaturated/α-hetero) is 1. The number of nitrogens with one attached hydrogen (secondary N) is 2. The van der Waals surface area contributed by atoms with Gasteiger partial charge in [0.05, 0.1) is 23.2 Å². The fourth-order valence-electron chi connectivity index (χ4n) is 6.58. The van der Waals surface area contributed by atoms with Crippen LogP contribution in [0.15, 0.2) is 78.0 Å². The molecule has 0 fully saturated rings. The van der Waals surface area contributed by atoms with E-state index < -0.39 is 24.2 Å². The van der Waals surface area contributed by atoms with Crippen LogP contribution in [0, 0.1) is 0 Å². The minimum absolute atomic E-state index is 0.00942. The maximum absolute atomic E-state index is 13.7. The van der Waals surface area contributed by atoms with Crippen molar-refractivity contribution in [1.82, 2.24) is 34.8 Å². The van der Waals surface area contributed by atoms with Gasteiger partial charge in [-0.15, -0.1) is 0 Å². The zero-order valence-corrected chi connectivity index (χ0v) is 32.9. The van der Waals surface area contributed by atoms with Crippen molar-refractivity contribution in [1.29, 1.82) is 0 Å². The maximum atomic E-state index is 13.7. The number of alkyl halides is 3. The lowest BCUT2D eigenvalue weighted by Crippen LogP contribution is -2.31. The van der Waals surface area contributed by atoms with Crippen LogP contribution in [-0.2, 0) is 40.6 Å². The van der Waals surface area contributed by atoms with E-state index in [1.54, 1.807) is 70.6 Å². The normalized spacial score (nSPS) is 12.1. The number of amides is 3. The van der Waals surface area contributed by atoms with Crippen molar-refractivity contribution in [2.75, 3.05) is 11.9 Å². The van der Waals surface area contributed by atoms with Crippen LogP contribution < -0.4 is 16.2 Å². The third-order valence-electron chi connectivity index (χ3n) is 9.52. The number of nitrogens with zero attached hydrogens (tertiary/aromatic N) is 6. The molecule has 0 unspecified atom stereocenters. The van der Waals surface area contributed by atoms with E-state index in [1.807, 2.05) is 19.9 Å². The summed E-state index contributed by atoms with van der Waals surface area (Å²) < 4.78 is 43.2. The summed E-state index contributed by atoms with van der Waals surface area (Å²) in [6.07, 6.45) is 3.29. The zero-order valence-electron chi connectivity index (χ0n) is 32.9. The summed E-state index contributed by atoms with van der Waals surface area (Å²) in [7, 11) is 0. The topological polar surface area (TPSA) is 181 Å². The number of ketones is 1.